The number of halogens is 1. The summed E-state index contributed by atoms with van der Waals surface area (Å²) in [5, 5.41) is 11.2. The highest BCUT2D eigenvalue weighted by Gasteiger charge is 2.57. The minimum absolute atomic E-state index is 0.106. The van der Waals surface area contributed by atoms with Crippen LogP contribution in [0.3, 0.4) is 0 Å². The number of Topliss-reactive ketones (excluding diaryl/α,β-unsaturated/α-hetero) is 1. The normalized spacial score (nSPS) is 24.1. The summed E-state index contributed by atoms with van der Waals surface area (Å²) in [5.74, 6) is -4.38. The largest absolute Gasteiger partial charge is 0.504 e. The Kier molecular flexibility index (Phi) is 7.00. The Morgan fingerprint density at radius 3 is 2.31 bits per heavy atom. The zero-order valence-electron chi connectivity index (χ0n) is 24.0. The molecule has 9 heteroatoms. The Morgan fingerprint density at radius 2 is 1.60 bits per heavy atom. The van der Waals surface area contributed by atoms with E-state index >= 15 is 0 Å². The molecular weight excluding hydrogens is 638 g/mol. The molecule has 3 aromatic rings. The average Bonchev–Trinajstić information content (AvgIpc) is 3.32. The van der Waals surface area contributed by atoms with Crippen LogP contribution in [0.25, 0.3) is 0 Å². The molecular formula is C36H26BrNO7. The maximum atomic E-state index is 14.2. The van der Waals surface area contributed by atoms with Gasteiger partial charge in [-0.05, 0) is 65.0 Å². The summed E-state index contributed by atoms with van der Waals surface area (Å²) in [6.45, 7) is 0. The fourth-order valence-electron chi connectivity index (χ4n) is 7.27. The van der Waals surface area contributed by atoms with Crippen molar-refractivity contribution < 1.29 is 33.8 Å². The third kappa shape index (κ3) is 4.44. The molecule has 3 aromatic carbocycles. The van der Waals surface area contributed by atoms with Crippen LogP contribution in [-0.4, -0.2) is 41.4 Å². The number of methoxy groups -OCH3 is 1. The van der Waals surface area contributed by atoms with Crippen LogP contribution >= 0.6 is 15.9 Å². The summed E-state index contributed by atoms with van der Waals surface area (Å²) in [6.07, 6.45) is 3.50. The van der Waals surface area contributed by atoms with Crippen LogP contribution < -0.4 is 9.64 Å². The molecule has 4 aliphatic rings. The van der Waals surface area contributed by atoms with Crippen LogP contribution in [0.2, 0.25) is 0 Å². The van der Waals surface area contributed by atoms with E-state index in [1.807, 2.05) is 12.1 Å². The molecule has 0 aromatic heterocycles. The molecule has 1 N–H and O–H groups in total. The lowest BCUT2D eigenvalue weighted by Crippen LogP contribution is -2.39. The van der Waals surface area contributed by atoms with E-state index < -0.39 is 29.6 Å². The Hall–Kier alpha value is -4.89. The van der Waals surface area contributed by atoms with Crippen LogP contribution in [0, 0.1) is 17.8 Å². The van der Waals surface area contributed by atoms with Crippen molar-refractivity contribution in [3.05, 3.63) is 123 Å². The molecule has 0 bridgehead atoms. The first kappa shape index (κ1) is 28.9. The lowest BCUT2D eigenvalue weighted by molar-refractivity contribution is -0.123. The number of ketones is 3. The number of nitrogens with zero attached hydrogens (tertiary/aromatic N) is 1. The van der Waals surface area contributed by atoms with Gasteiger partial charge in [0.15, 0.2) is 28.8 Å². The Bertz CT molecular complexity index is 1920. The van der Waals surface area contributed by atoms with Crippen LogP contribution in [0.1, 0.15) is 40.2 Å². The number of hydrogen-bond acceptors (Lipinski definition) is 7. The van der Waals surface area contributed by atoms with Crippen LogP contribution in [0.4, 0.5) is 5.69 Å². The number of fused-ring (bicyclic) bond motifs is 3. The lowest BCUT2D eigenvalue weighted by Gasteiger charge is -2.42. The molecule has 0 spiro atoms. The average molecular weight is 665 g/mol. The van der Waals surface area contributed by atoms with Gasteiger partial charge in [-0.1, -0.05) is 54.1 Å². The van der Waals surface area contributed by atoms with Crippen molar-refractivity contribution >= 4 is 50.8 Å². The number of allylic oxidation sites excluding steroid dienone is 6. The van der Waals surface area contributed by atoms with E-state index in [1.165, 1.54) is 18.1 Å². The van der Waals surface area contributed by atoms with Gasteiger partial charge in [-0.2, -0.15) is 0 Å². The molecule has 0 unspecified atom stereocenters. The molecule has 45 heavy (non-hydrogen) atoms. The first-order chi connectivity index (χ1) is 21.7. The van der Waals surface area contributed by atoms with Crippen LogP contribution in [-0.2, 0) is 19.2 Å². The number of para-hydroxylation sites is 1. The molecule has 1 fully saturated rings. The predicted octanol–water partition coefficient (Wildman–Crippen LogP) is 5.60. The summed E-state index contributed by atoms with van der Waals surface area (Å²) in [5.41, 5.74) is 2.96. The fourth-order valence-corrected chi connectivity index (χ4v) is 7.72. The number of carbonyl (C=O) groups excluding carboxylic acids is 5. The molecule has 224 valence electrons. The maximum absolute atomic E-state index is 14.2. The molecule has 0 radical (unpaired) electrons. The zero-order valence-corrected chi connectivity index (χ0v) is 25.6. The van der Waals surface area contributed by atoms with Gasteiger partial charge in [0.1, 0.15) is 0 Å². The third-order valence-electron chi connectivity index (χ3n) is 9.32. The second-order valence-electron chi connectivity index (χ2n) is 11.5. The van der Waals surface area contributed by atoms with Crippen molar-refractivity contribution in [2.24, 2.45) is 17.8 Å². The molecule has 8 nitrogen and oxygen atoms in total. The van der Waals surface area contributed by atoms with Crippen molar-refractivity contribution in [1.29, 1.82) is 0 Å². The van der Waals surface area contributed by atoms with E-state index in [0.29, 0.717) is 22.4 Å². The second-order valence-corrected chi connectivity index (χ2v) is 12.4. The fraction of sp³-hybridized carbons (Fsp3) is 0.194. The molecule has 4 atom stereocenters. The first-order valence-corrected chi connectivity index (χ1v) is 15.3. The van der Waals surface area contributed by atoms with Crippen molar-refractivity contribution in [3.63, 3.8) is 0 Å². The second kappa shape index (κ2) is 10.9. The van der Waals surface area contributed by atoms with E-state index in [4.69, 9.17) is 4.74 Å². The van der Waals surface area contributed by atoms with Gasteiger partial charge in [0, 0.05) is 39.8 Å². The number of aromatic hydroxyl groups is 1. The van der Waals surface area contributed by atoms with Crippen molar-refractivity contribution in [3.8, 4) is 11.5 Å². The summed E-state index contributed by atoms with van der Waals surface area (Å²) in [4.78, 5) is 69.0. The summed E-state index contributed by atoms with van der Waals surface area (Å²) in [6, 6.07) is 20.2. The number of phenols is 1. The maximum Gasteiger partial charge on any atom is 0.238 e. The SMILES string of the molecule is COc1cccc([C@H]2C3=CC[C@@H]4C(=O)N(c5ccc(C(=O)c6ccccc6)cc5)C(=O)[C@@H]4[C@@H]3CC3=C2C(=O)C=C(Br)C3=O)c1O. The zero-order chi connectivity index (χ0) is 31.6. The van der Waals surface area contributed by atoms with Gasteiger partial charge in [0.25, 0.3) is 0 Å². The molecule has 7 rings (SSSR count). The molecule has 1 saturated heterocycles. The number of phenolic OH excluding ortho intramolecular Hbond substituents is 1. The van der Waals surface area contributed by atoms with Crippen molar-refractivity contribution in [2.45, 2.75) is 18.8 Å². The number of amides is 2. The highest BCUT2D eigenvalue weighted by molar-refractivity contribution is 9.12. The van der Waals surface area contributed by atoms with Crippen LogP contribution in [0.5, 0.6) is 11.5 Å². The minimum Gasteiger partial charge on any atom is -0.504 e. The van der Waals surface area contributed by atoms with E-state index in [-0.39, 0.29) is 63.2 Å². The van der Waals surface area contributed by atoms with Gasteiger partial charge in [0.05, 0.1) is 29.1 Å². The lowest BCUT2D eigenvalue weighted by atomic mass is 9.59. The highest BCUT2D eigenvalue weighted by Crippen LogP contribution is 2.57. The third-order valence-corrected chi connectivity index (χ3v) is 9.91. The smallest absolute Gasteiger partial charge is 0.238 e. The van der Waals surface area contributed by atoms with Gasteiger partial charge in [-0.3, -0.25) is 28.9 Å². The predicted molar refractivity (Wildman–Crippen MR) is 168 cm³/mol. The molecule has 0 saturated carbocycles. The van der Waals surface area contributed by atoms with Crippen molar-refractivity contribution in [2.75, 3.05) is 12.0 Å². The molecule has 1 heterocycles. The Morgan fingerprint density at radius 1 is 0.889 bits per heavy atom. The quantitative estimate of drug-likeness (QED) is 0.163. The summed E-state index contributed by atoms with van der Waals surface area (Å²) >= 11 is 3.23. The summed E-state index contributed by atoms with van der Waals surface area (Å²) < 4.78 is 5.47. The van der Waals surface area contributed by atoms with Crippen LogP contribution in [0.15, 0.2) is 106 Å². The Labute approximate surface area is 266 Å². The van der Waals surface area contributed by atoms with E-state index in [9.17, 15) is 29.1 Å². The van der Waals surface area contributed by atoms with Crippen molar-refractivity contribution in [1.82, 2.24) is 0 Å². The van der Waals surface area contributed by atoms with E-state index in [0.717, 1.165) is 5.57 Å². The standard InChI is InChI=1S/C36H26BrNO7/c1-45-28-9-5-8-22(34(28)42)29-21-14-15-23-30(24(21)16-25-31(29)27(39)17-26(37)33(25)41)36(44)38(35(23)43)20-12-10-19(11-13-20)32(40)18-6-3-2-4-7-18/h2-14,17,23-24,29-30,42H,15-16H2,1H3/t23-,24+,29+,30-/m0/s1. The number of imide groups is 1. The Balaban J connectivity index is 1.27. The number of ether oxygens (including phenoxy) is 1. The van der Waals surface area contributed by atoms with Gasteiger partial charge >= 0.3 is 0 Å². The number of carbonyl (C=O) groups is 5. The number of rotatable bonds is 5. The van der Waals surface area contributed by atoms with Gasteiger partial charge in [-0.15, -0.1) is 0 Å². The minimum atomic E-state index is -0.802. The number of hydrogen-bond donors (Lipinski definition) is 1. The van der Waals surface area contributed by atoms with Gasteiger partial charge in [-0.25, -0.2) is 0 Å². The van der Waals surface area contributed by atoms with E-state index in [1.54, 1.807) is 66.7 Å². The number of benzene rings is 3. The monoisotopic (exact) mass is 663 g/mol. The summed E-state index contributed by atoms with van der Waals surface area (Å²) in [7, 11) is 1.42. The number of anilines is 1. The van der Waals surface area contributed by atoms with Gasteiger partial charge < -0.3 is 9.84 Å². The first-order valence-electron chi connectivity index (χ1n) is 14.5. The molecule has 2 amide bonds. The van der Waals surface area contributed by atoms with Gasteiger partial charge in [0.2, 0.25) is 11.8 Å². The highest BCUT2D eigenvalue weighted by atomic mass is 79.9. The molecule has 3 aliphatic carbocycles. The topological polar surface area (TPSA) is 118 Å². The van der Waals surface area contributed by atoms with E-state index in [2.05, 4.69) is 15.9 Å². The molecule has 1 aliphatic heterocycles.